The van der Waals surface area contributed by atoms with Gasteiger partial charge in [0.2, 0.25) is 5.43 Å². The number of aromatic hydroxyl groups is 1. The van der Waals surface area contributed by atoms with Crippen molar-refractivity contribution >= 4 is 11.4 Å². The topological polar surface area (TPSA) is 79.7 Å². The fraction of sp³-hybridized carbons (Fsp3) is 0.214. The lowest BCUT2D eigenvalue weighted by atomic mass is 10.1. The van der Waals surface area contributed by atoms with Crippen LogP contribution in [0.25, 0.3) is 0 Å². The quantitative estimate of drug-likeness (QED) is 0.798. The van der Waals surface area contributed by atoms with Gasteiger partial charge in [0.15, 0.2) is 5.75 Å². The lowest BCUT2D eigenvalue weighted by molar-refractivity contribution is 0.412. The van der Waals surface area contributed by atoms with Crippen molar-refractivity contribution in [2.75, 3.05) is 17.2 Å². The van der Waals surface area contributed by atoms with E-state index in [9.17, 15) is 4.79 Å². The summed E-state index contributed by atoms with van der Waals surface area (Å²) < 4.78 is 5.22. The number of fused-ring (bicyclic) bond motifs is 1. The molecule has 0 unspecified atom stereocenters. The van der Waals surface area contributed by atoms with E-state index in [1.54, 1.807) is 0 Å². The minimum absolute atomic E-state index is 0.370. The molecule has 0 radical (unpaired) electrons. The van der Waals surface area contributed by atoms with Gasteiger partial charge in [0, 0.05) is 12.6 Å². The van der Waals surface area contributed by atoms with Crippen LogP contribution < -0.4 is 16.1 Å². The van der Waals surface area contributed by atoms with Crippen LogP contribution in [0.4, 0.5) is 11.4 Å². The van der Waals surface area contributed by atoms with Gasteiger partial charge in [0.1, 0.15) is 12.0 Å². The molecule has 19 heavy (non-hydrogen) atoms. The van der Waals surface area contributed by atoms with Crippen LogP contribution in [0, 0.1) is 0 Å². The van der Waals surface area contributed by atoms with Crippen LogP contribution in [0.1, 0.15) is 11.3 Å². The zero-order chi connectivity index (χ0) is 13.4. The lowest BCUT2D eigenvalue weighted by Crippen LogP contribution is -2.21. The number of nitrogen functional groups attached to an aromatic ring is 1. The number of hydrogen-bond donors (Lipinski definition) is 2. The molecule has 98 valence electrons. The summed E-state index contributed by atoms with van der Waals surface area (Å²) in [5, 5.41) is 9.17. The van der Waals surface area contributed by atoms with Gasteiger partial charge in [-0.3, -0.25) is 4.79 Å². The van der Waals surface area contributed by atoms with Gasteiger partial charge in [-0.1, -0.05) is 12.1 Å². The predicted molar refractivity (Wildman–Crippen MR) is 72.3 cm³/mol. The maximum atomic E-state index is 11.4. The van der Waals surface area contributed by atoms with Gasteiger partial charge in [0.05, 0.1) is 17.9 Å². The molecule has 3 rings (SSSR count). The van der Waals surface area contributed by atoms with Gasteiger partial charge in [-0.2, -0.15) is 0 Å². The molecule has 2 heterocycles. The first-order chi connectivity index (χ1) is 9.15. The van der Waals surface area contributed by atoms with E-state index >= 15 is 0 Å². The van der Waals surface area contributed by atoms with Gasteiger partial charge < -0.3 is 20.2 Å². The van der Waals surface area contributed by atoms with Crippen molar-refractivity contribution in [2.24, 2.45) is 0 Å². The number of hydrogen-bond acceptors (Lipinski definition) is 5. The van der Waals surface area contributed by atoms with Gasteiger partial charge in [-0.25, -0.2) is 0 Å². The number of para-hydroxylation sites is 1. The standard InChI is InChI=1S/C14H14N2O3/c15-11-3-1-2-9-4-5-16(14(9)11)7-10-6-12(17)13(18)8-19-10/h1-3,6,8,18H,4-5,7,15H2. The molecule has 0 aliphatic carbocycles. The maximum Gasteiger partial charge on any atom is 0.226 e. The summed E-state index contributed by atoms with van der Waals surface area (Å²) in [6, 6.07) is 7.17. The first kappa shape index (κ1) is 11.6. The van der Waals surface area contributed by atoms with Crippen LogP contribution in [0.5, 0.6) is 5.75 Å². The molecule has 5 heteroatoms. The summed E-state index contributed by atoms with van der Waals surface area (Å²) in [6.07, 6.45) is 2.01. The third kappa shape index (κ3) is 2.03. The smallest absolute Gasteiger partial charge is 0.226 e. The van der Waals surface area contributed by atoms with Crippen molar-refractivity contribution in [3.63, 3.8) is 0 Å². The number of anilines is 2. The molecule has 0 amide bonds. The second-order valence-corrected chi connectivity index (χ2v) is 4.62. The molecule has 0 bridgehead atoms. The van der Waals surface area contributed by atoms with Crippen LogP contribution in [-0.4, -0.2) is 11.7 Å². The number of nitrogens with zero attached hydrogens (tertiary/aromatic N) is 1. The Labute approximate surface area is 109 Å². The molecule has 2 aromatic rings. The molecule has 1 aromatic heterocycles. The largest absolute Gasteiger partial charge is 0.502 e. The van der Waals surface area contributed by atoms with E-state index in [-0.39, 0.29) is 5.75 Å². The Kier molecular flexibility index (Phi) is 2.67. The van der Waals surface area contributed by atoms with Gasteiger partial charge in [-0.05, 0) is 18.1 Å². The van der Waals surface area contributed by atoms with Crippen LogP contribution in [0.15, 0.2) is 39.7 Å². The van der Waals surface area contributed by atoms with Gasteiger partial charge in [0.25, 0.3) is 0 Å². The molecular formula is C14H14N2O3. The number of benzene rings is 1. The van der Waals surface area contributed by atoms with Crippen molar-refractivity contribution in [3.05, 3.63) is 52.1 Å². The summed E-state index contributed by atoms with van der Waals surface area (Å²) in [5.74, 6) is 0.143. The Morgan fingerprint density at radius 1 is 1.42 bits per heavy atom. The fourth-order valence-corrected chi connectivity index (χ4v) is 2.44. The van der Waals surface area contributed by atoms with Crippen molar-refractivity contribution in [2.45, 2.75) is 13.0 Å². The Hall–Kier alpha value is -2.43. The molecule has 0 atom stereocenters. The summed E-state index contributed by atoms with van der Waals surface area (Å²) in [6.45, 7) is 1.31. The Morgan fingerprint density at radius 2 is 2.26 bits per heavy atom. The van der Waals surface area contributed by atoms with E-state index in [1.165, 1.54) is 11.6 Å². The third-order valence-corrected chi connectivity index (χ3v) is 3.33. The third-order valence-electron chi connectivity index (χ3n) is 3.33. The molecule has 1 aliphatic rings. The van der Waals surface area contributed by atoms with E-state index in [1.807, 2.05) is 12.1 Å². The molecule has 0 fully saturated rings. The summed E-state index contributed by atoms with van der Waals surface area (Å²) in [4.78, 5) is 13.5. The maximum absolute atomic E-state index is 11.4. The molecule has 0 spiro atoms. The van der Waals surface area contributed by atoms with Crippen LogP contribution in [-0.2, 0) is 13.0 Å². The molecule has 1 aromatic carbocycles. The van der Waals surface area contributed by atoms with E-state index in [0.29, 0.717) is 12.3 Å². The van der Waals surface area contributed by atoms with E-state index in [4.69, 9.17) is 15.3 Å². The molecular weight excluding hydrogens is 244 g/mol. The molecule has 1 aliphatic heterocycles. The first-order valence-corrected chi connectivity index (χ1v) is 6.08. The zero-order valence-corrected chi connectivity index (χ0v) is 10.3. The number of nitrogens with two attached hydrogens (primary N) is 1. The normalized spacial score (nSPS) is 13.6. The highest BCUT2D eigenvalue weighted by Gasteiger charge is 2.22. The Balaban J connectivity index is 1.90. The van der Waals surface area contributed by atoms with Crippen molar-refractivity contribution in [3.8, 4) is 5.75 Å². The van der Waals surface area contributed by atoms with Crippen LogP contribution in [0.2, 0.25) is 0 Å². The molecule has 0 saturated heterocycles. The summed E-state index contributed by atoms with van der Waals surface area (Å²) in [5.41, 5.74) is 8.52. The Bertz CT molecular complexity index is 679. The monoisotopic (exact) mass is 258 g/mol. The highest BCUT2D eigenvalue weighted by atomic mass is 16.4. The molecule has 0 saturated carbocycles. The number of rotatable bonds is 2. The minimum Gasteiger partial charge on any atom is -0.502 e. The highest BCUT2D eigenvalue weighted by molar-refractivity contribution is 5.74. The lowest BCUT2D eigenvalue weighted by Gasteiger charge is -2.20. The highest BCUT2D eigenvalue weighted by Crippen LogP contribution is 2.34. The van der Waals surface area contributed by atoms with Crippen molar-refractivity contribution < 1.29 is 9.52 Å². The second-order valence-electron chi connectivity index (χ2n) is 4.62. The van der Waals surface area contributed by atoms with Gasteiger partial charge in [-0.15, -0.1) is 0 Å². The average molecular weight is 258 g/mol. The minimum atomic E-state index is -0.429. The second kappa shape index (κ2) is 4.35. The Morgan fingerprint density at radius 3 is 3.05 bits per heavy atom. The van der Waals surface area contributed by atoms with E-state index < -0.39 is 5.43 Å². The van der Waals surface area contributed by atoms with Crippen molar-refractivity contribution in [1.29, 1.82) is 0 Å². The SMILES string of the molecule is Nc1cccc2c1N(Cc1cc(=O)c(O)co1)CC2. The zero-order valence-electron chi connectivity index (χ0n) is 10.3. The first-order valence-electron chi connectivity index (χ1n) is 6.08. The predicted octanol–water partition coefficient (Wildman–Crippen LogP) is 1.49. The average Bonchev–Trinajstić information content (AvgIpc) is 2.79. The molecule has 3 N–H and O–H groups in total. The van der Waals surface area contributed by atoms with Crippen molar-refractivity contribution in [1.82, 2.24) is 0 Å². The summed E-state index contributed by atoms with van der Waals surface area (Å²) in [7, 11) is 0. The van der Waals surface area contributed by atoms with Gasteiger partial charge >= 0.3 is 0 Å². The van der Waals surface area contributed by atoms with Crippen LogP contribution >= 0.6 is 0 Å². The summed E-state index contributed by atoms with van der Waals surface area (Å²) >= 11 is 0. The van der Waals surface area contributed by atoms with E-state index in [0.717, 1.165) is 30.6 Å². The van der Waals surface area contributed by atoms with Crippen LogP contribution in [0.3, 0.4) is 0 Å². The fourth-order valence-electron chi connectivity index (χ4n) is 2.44. The molecule has 5 nitrogen and oxygen atoms in total. The van der Waals surface area contributed by atoms with E-state index in [2.05, 4.69) is 11.0 Å².